The zero-order valence-electron chi connectivity index (χ0n) is 6.91. The molecule has 2 rings (SSSR count). The van der Waals surface area contributed by atoms with Gasteiger partial charge in [0.05, 0.1) is 5.92 Å². The molecule has 0 N–H and O–H groups in total. The van der Waals surface area contributed by atoms with E-state index in [1.165, 1.54) is 6.42 Å². The molecule has 3 nitrogen and oxygen atoms in total. The quantitative estimate of drug-likeness (QED) is 0.445. The summed E-state index contributed by atoms with van der Waals surface area (Å²) in [4.78, 5) is 10.6. The number of carbonyl (C=O) groups is 1. The minimum absolute atomic E-state index is 0.184. The van der Waals surface area contributed by atoms with Crippen LogP contribution in [-0.2, 0) is 9.47 Å². The van der Waals surface area contributed by atoms with Crippen molar-refractivity contribution in [3.8, 4) is 0 Å². The highest BCUT2D eigenvalue weighted by Gasteiger charge is 2.54. The van der Waals surface area contributed by atoms with E-state index in [0.717, 1.165) is 19.3 Å². The summed E-state index contributed by atoms with van der Waals surface area (Å²) in [5, 5.41) is 0. The molecular formula is C9H12O3. The van der Waals surface area contributed by atoms with Crippen molar-refractivity contribution in [3.05, 3.63) is 12.7 Å². The minimum atomic E-state index is -0.628. The van der Waals surface area contributed by atoms with Gasteiger partial charge >= 0.3 is 6.16 Å². The number of rotatable bonds is 1. The first-order valence-corrected chi connectivity index (χ1v) is 4.31. The maximum atomic E-state index is 10.6. The van der Waals surface area contributed by atoms with Crippen LogP contribution >= 0.6 is 0 Å². The number of carbonyl (C=O) groups excluding carboxylic acids is 1. The second-order valence-electron chi connectivity index (χ2n) is 3.35. The van der Waals surface area contributed by atoms with E-state index in [1.54, 1.807) is 0 Å². The van der Waals surface area contributed by atoms with Crippen LogP contribution in [-0.4, -0.2) is 11.9 Å². The largest absolute Gasteiger partial charge is 0.514 e. The molecule has 1 saturated heterocycles. The van der Waals surface area contributed by atoms with Crippen molar-refractivity contribution in [2.45, 2.75) is 31.5 Å². The van der Waals surface area contributed by atoms with Gasteiger partial charge in [0, 0.05) is 6.42 Å². The molecule has 0 aromatic heterocycles. The summed E-state index contributed by atoms with van der Waals surface area (Å²) in [6.07, 6.45) is 5.35. The van der Waals surface area contributed by atoms with Crippen LogP contribution in [0.3, 0.4) is 0 Å². The van der Waals surface area contributed by atoms with Gasteiger partial charge in [-0.15, -0.1) is 6.58 Å². The van der Waals surface area contributed by atoms with Crippen LogP contribution in [0.2, 0.25) is 0 Å². The maximum Gasteiger partial charge on any atom is 0.514 e. The molecule has 12 heavy (non-hydrogen) atoms. The Morgan fingerprint density at radius 2 is 2.25 bits per heavy atom. The van der Waals surface area contributed by atoms with E-state index in [2.05, 4.69) is 6.58 Å². The van der Waals surface area contributed by atoms with Crippen molar-refractivity contribution < 1.29 is 14.3 Å². The van der Waals surface area contributed by atoms with Crippen LogP contribution in [0, 0.1) is 5.92 Å². The first-order valence-electron chi connectivity index (χ1n) is 4.31. The lowest BCUT2D eigenvalue weighted by molar-refractivity contribution is -0.301. The molecule has 1 heterocycles. The molecular weight excluding hydrogens is 156 g/mol. The second kappa shape index (κ2) is 2.51. The fraction of sp³-hybridized carbons (Fsp3) is 0.667. The Morgan fingerprint density at radius 1 is 1.50 bits per heavy atom. The summed E-state index contributed by atoms with van der Waals surface area (Å²) >= 11 is 0. The first kappa shape index (κ1) is 7.65. The third-order valence-electron chi connectivity index (χ3n) is 2.65. The van der Waals surface area contributed by atoms with E-state index in [9.17, 15) is 4.79 Å². The van der Waals surface area contributed by atoms with Gasteiger partial charge in [-0.3, -0.25) is 0 Å². The van der Waals surface area contributed by atoms with Gasteiger partial charge in [-0.2, -0.15) is 0 Å². The minimum Gasteiger partial charge on any atom is -0.390 e. The van der Waals surface area contributed by atoms with Gasteiger partial charge in [0.15, 0.2) is 0 Å². The van der Waals surface area contributed by atoms with Crippen molar-refractivity contribution in [2.24, 2.45) is 5.92 Å². The summed E-state index contributed by atoms with van der Waals surface area (Å²) in [6, 6.07) is 0. The lowest BCUT2D eigenvalue weighted by Crippen LogP contribution is -2.56. The molecule has 1 spiro atoms. The van der Waals surface area contributed by atoms with Crippen molar-refractivity contribution in [2.75, 3.05) is 0 Å². The van der Waals surface area contributed by atoms with Crippen LogP contribution < -0.4 is 0 Å². The van der Waals surface area contributed by atoms with Gasteiger partial charge in [-0.25, -0.2) is 4.79 Å². The van der Waals surface area contributed by atoms with Crippen LogP contribution in [0.1, 0.15) is 25.7 Å². The van der Waals surface area contributed by atoms with E-state index in [4.69, 9.17) is 9.47 Å². The molecule has 0 radical (unpaired) electrons. The summed E-state index contributed by atoms with van der Waals surface area (Å²) in [5.74, 6) is -0.444. The lowest BCUT2D eigenvalue weighted by atomic mass is 9.82. The Balaban J connectivity index is 2.10. The van der Waals surface area contributed by atoms with Crippen molar-refractivity contribution >= 4 is 6.16 Å². The standard InChI is InChI=1S/C9H12O3/c1-2-7-5-3-4-6-9(7)11-8(10)12-9/h2,7H,1,3-6H2. The highest BCUT2D eigenvalue weighted by molar-refractivity contribution is 5.66. The van der Waals surface area contributed by atoms with Crippen LogP contribution in [0.15, 0.2) is 12.7 Å². The molecule has 1 saturated carbocycles. The SMILES string of the molecule is C=CC1CCCCC12OC(=O)O2. The molecule has 1 aliphatic carbocycles. The first-order chi connectivity index (χ1) is 5.77. The molecule has 0 aromatic carbocycles. The van der Waals surface area contributed by atoms with E-state index in [-0.39, 0.29) is 5.92 Å². The molecule has 1 unspecified atom stereocenters. The molecule has 0 amide bonds. The Bertz CT molecular complexity index is 214. The van der Waals surface area contributed by atoms with E-state index in [0.29, 0.717) is 0 Å². The van der Waals surface area contributed by atoms with Gasteiger partial charge in [0.2, 0.25) is 0 Å². The predicted molar refractivity (Wildman–Crippen MR) is 42.5 cm³/mol. The van der Waals surface area contributed by atoms with Crippen molar-refractivity contribution in [1.82, 2.24) is 0 Å². The highest BCUT2D eigenvalue weighted by Crippen LogP contribution is 2.44. The lowest BCUT2D eigenvalue weighted by Gasteiger charge is -2.46. The molecule has 0 bridgehead atoms. The Labute approximate surface area is 71.3 Å². The molecule has 2 fully saturated rings. The Hall–Kier alpha value is -0.990. The van der Waals surface area contributed by atoms with Crippen LogP contribution in [0.5, 0.6) is 0 Å². The van der Waals surface area contributed by atoms with Crippen LogP contribution in [0.25, 0.3) is 0 Å². The van der Waals surface area contributed by atoms with Crippen LogP contribution in [0.4, 0.5) is 4.79 Å². The van der Waals surface area contributed by atoms with E-state index in [1.807, 2.05) is 6.08 Å². The van der Waals surface area contributed by atoms with E-state index >= 15 is 0 Å². The fourth-order valence-corrected chi connectivity index (χ4v) is 1.98. The predicted octanol–water partition coefficient (Wildman–Crippen LogP) is 2.23. The molecule has 66 valence electrons. The Kier molecular flexibility index (Phi) is 1.60. The topological polar surface area (TPSA) is 35.5 Å². The smallest absolute Gasteiger partial charge is 0.390 e. The third kappa shape index (κ3) is 0.924. The average molecular weight is 168 g/mol. The molecule has 3 heteroatoms. The summed E-state index contributed by atoms with van der Waals surface area (Å²) in [6.45, 7) is 3.72. The van der Waals surface area contributed by atoms with Gasteiger partial charge in [-0.1, -0.05) is 12.5 Å². The summed E-state index contributed by atoms with van der Waals surface area (Å²) < 4.78 is 10.1. The second-order valence-corrected chi connectivity index (χ2v) is 3.35. The number of hydrogen-bond donors (Lipinski definition) is 0. The molecule has 2 aliphatic rings. The molecule has 1 aliphatic heterocycles. The fourth-order valence-electron chi connectivity index (χ4n) is 1.98. The molecule has 1 atom stereocenters. The zero-order chi connectivity index (χ0) is 8.60. The average Bonchev–Trinajstić information content (AvgIpc) is 2.03. The van der Waals surface area contributed by atoms with Crippen molar-refractivity contribution in [3.63, 3.8) is 0 Å². The summed E-state index contributed by atoms with van der Waals surface area (Å²) in [7, 11) is 0. The third-order valence-corrected chi connectivity index (χ3v) is 2.65. The number of hydrogen-bond acceptors (Lipinski definition) is 3. The zero-order valence-corrected chi connectivity index (χ0v) is 6.91. The van der Waals surface area contributed by atoms with Gasteiger partial charge in [0.25, 0.3) is 5.79 Å². The van der Waals surface area contributed by atoms with Gasteiger partial charge in [0.1, 0.15) is 0 Å². The van der Waals surface area contributed by atoms with Gasteiger partial charge < -0.3 is 9.47 Å². The van der Waals surface area contributed by atoms with E-state index < -0.39 is 11.9 Å². The Morgan fingerprint density at radius 3 is 2.83 bits per heavy atom. The van der Waals surface area contributed by atoms with Crippen molar-refractivity contribution in [1.29, 1.82) is 0 Å². The maximum absolute atomic E-state index is 10.6. The monoisotopic (exact) mass is 168 g/mol. The number of ether oxygens (including phenoxy) is 2. The molecule has 0 aromatic rings. The van der Waals surface area contributed by atoms with Gasteiger partial charge in [-0.05, 0) is 12.8 Å². The summed E-state index contributed by atoms with van der Waals surface area (Å²) in [5.41, 5.74) is 0. The highest BCUT2D eigenvalue weighted by atomic mass is 16.9. The normalized spacial score (nSPS) is 31.7.